The van der Waals surface area contributed by atoms with Crippen molar-refractivity contribution in [3.8, 4) is 0 Å². The van der Waals surface area contributed by atoms with Gasteiger partial charge in [0.25, 0.3) is 0 Å². The summed E-state index contributed by atoms with van der Waals surface area (Å²) in [4.78, 5) is 0. The molecule has 0 heterocycles. The summed E-state index contributed by atoms with van der Waals surface area (Å²) in [5.41, 5.74) is 6.35. The molecule has 2 N–H and O–H groups in total. The van der Waals surface area contributed by atoms with Crippen molar-refractivity contribution in [3.63, 3.8) is 0 Å². The zero-order valence-corrected chi connectivity index (χ0v) is 8.58. The first-order valence-electron chi connectivity index (χ1n) is 3.21. The molecule has 1 rings (SSSR count). The van der Waals surface area contributed by atoms with Gasteiger partial charge < -0.3 is 5.73 Å². The number of hydrogen-bond acceptors (Lipinski definition) is 1. The number of nitrogens with two attached hydrogens (primary N) is 1. The molecule has 0 saturated heterocycles. The van der Waals surface area contributed by atoms with Crippen LogP contribution < -0.4 is 5.73 Å². The molecule has 0 amide bonds. The van der Waals surface area contributed by atoms with E-state index in [9.17, 15) is 4.39 Å². The first-order chi connectivity index (χ1) is 4.70. The van der Waals surface area contributed by atoms with Crippen LogP contribution in [0.25, 0.3) is 0 Å². The van der Waals surface area contributed by atoms with E-state index in [0.717, 1.165) is 5.56 Å². The van der Waals surface area contributed by atoms with E-state index in [0.29, 0.717) is 0 Å². The minimum Gasteiger partial charge on any atom is -0.324 e. The van der Waals surface area contributed by atoms with Gasteiger partial charge in [0.1, 0.15) is 5.82 Å². The molecule has 11 heavy (non-hydrogen) atoms. The van der Waals surface area contributed by atoms with Gasteiger partial charge >= 0.3 is 0 Å². The van der Waals surface area contributed by atoms with E-state index in [1.165, 1.54) is 12.1 Å². The average Bonchev–Trinajstić information content (AvgIpc) is 1.88. The lowest BCUT2D eigenvalue weighted by Crippen LogP contribution is -2.04. The molecule has 0 radical (unpaired) electrons. The summed E-state index contributed by atoms with van der Waals surface area (Å²) in [5, 5.41) is 0. The maximum absolute atomic E-state index is 12.5. The minimum absolute atomic E-state index is 0. The lowest BCUT2D eigenvalue weighted by atomic mass is 10.1. The maximum atomic E-state index is 12.5. The summed E-state index contributed by atoms with van der Waals surface area (Å²) in [7, 11) is 0. The summed E-state index contributed by atoms with van der Waals surface area (Å²) >= 11 is 0. The van der Waals surface area contributed by atoms with E-state index in [1.54, 1.807) is 6.07 Å². The molecule has 1 aromatic carbocycles. The maximum Gasteiger partial charge on any atom is 0.123 e. The third-order valence-electron chi connectivity index (χ3n) is 1.37. The van der Waals surface area contributed by atoms with E-state index in [2.05, 4.69) is 0 Å². The molecular weight excluding hydrogens is 256 g/mol. The smallest absolute Gasteiger partial charge is 0.123 e. The van der Waals surface area contributed by atoms with Gasteiger partial charge in [-0.2, -0.15) is 0 Å². The van der Waals surface area contributed by atoms with Crippen molar-refractivity contribution in [3.05, 3.63) is 35.6 Å². The summed E-state index contributed by atoms with van der Waals surface area (Å²) < 4.78 is 12.5. The van der Waals surface area contributed by atoms with Crippen LogP contribution in [-0.2, 0) is 0 Å². The Labute approximate surface area is 82.8 Å². The molecule has 62 valence electrons. The Morgan fingerprint density at radius 1 is 1.45 bits per heavy atom. The molecular formula is C8H11FIN. The first kappa shape index (κ1) is 10.8. The monoisotopic (exact) mass is 267 g/mol. The largest absolute Gasteiger partial charge is 0.324 e. The molecule has 0 aliphatic carbocycles. The average molecular weight is 267 g/mol. The van der Waals surface area contributed by atoms with Crippen LogP contribution in [0.5, 0.6) is 0 Å². The van der Waals surface area contributed by atoms with Gasteiger partial charge in [-0.25, -0.2) is 4.39 Å². The Balaban J connectivity index is 0.000001000. The van der Waals surface area contributed by atoms with Gasteiger partial charge in [0, 0.05) is 6.04 Å². The highest BCUT2D eigenvalue weighted by atomic mass is 127. The third kappa shape index (κ3) is 3.16. The van der Waals surface area contributed by atoms with Crippen LogP contribution in [0.1, 0.15) is 18.5 Å². The fourth-order valence-electron chi connectivity index (χ4n) is 0.790. The molecule has 1 aromatic rings. The highest BCUT2D eigenvalue weighted by molar-refractivity contribution is 14.0. The summed E-state index contributed by atoms with van der Waals surface area (Å²) in [5.74, 6) is -0.227. The van der Waals surface area contributed by atoms with E-state index in [-0.39, 0.29) is 35.8 Å². The van der Waals surface area contributed by atoms with Crippen molar-refractivity contribution in [2.75, 3.05) is 0 Å². The minimum atomic E-state index is -0.227. The Morgan fingerprint density at radius 3 is 2.45 bits per heavy atom. The van der Waals surface area contributed by atoms with Crippen molar-refractivity contribution in [1.82, 2.24) is 0 Å². The van der Waals surface area contributed by atoms with Gasteiger partial charge in [0.05, 0.1) is 0 Å². The van der Waals surface area contributed by atoms with Crippen LogP contribution in [0.3, 0.4) is 0 Å². The summed E-state index contributed by atoms with van der Waals surface area (Å²) in [6.07, 6.45) is 0. The second kappa shape index (κ2) is 4.66. The fourth-order valence-corrected chi connectivity index (χ4v) is 0.790. The predicted octanol–water partition coefficient (Wildman–Crippen LogP) is 2.46. The fraction of sp³-hybridized carbons (Fsp3) is 0.250. The predicted molar refractivity (Wildman–Crippen MR) is 54.4 cm³/mol. The van der Waals surface area contributed by atoms with Gasteiger partial charge in [-0.15, -0.1) is 24.0 Å². The zero-order valence-electron chi connectivity index (χ0n) is 6.25. The second-order valence-electron chi connectivity index (χ2n) is 2.34. The number of benzene rings is 1. The number of hydrogen-bond donors (Lipinski definition) is 1. The lowest BCUT2D eigenvalue weighted by molar-refractivity contribution is 0.622. The van der Waals surface area contributed by atoms with Crippen molar-refractivity contribution in [2.45, 2.75) is 13.0 Å². The van der Waals surface area contributed by atoms with Crippen molar-refractivity contribution in [1.29, 1.82) is 0 Å². The lowest BCUT2D eigenvalue weighted by Gasteiger charge is -2.03. The molecule has 0 aliphatic rings. The molecule has 0 aliphatic heterocycles. The number of rotatable bonds is 1. The molecule has 0 spiro atoms. The third-order valence-corrected chi connectivity index (χ3v) is 1.37. The van der Waals surface area contributed by atoms with Gasteiger partial charge in [-0.05, 0) is 24.6 Å². The topological polar surface area (TPSA) is 26.0 Å². The van der Waals surface area contributed by atoms with Crippen molar-refractivity contribution in [2.24, 2.45) is 5.73 Å². The van der Waals surface area contributed by atoms with Gasteiger partial charge in [0.2, 0.25) is 0 Å². The van der Waals surface area contributed by atoms with Gasteiger partial charge in [-0.3, -0.25) is 0 Å². The number of halogens is 2. The molecule has 3 heteroatoms. The van der Waals surface area contributed by atoms with Crippen LogP contribution in [0, 0.1) is 5.82 Å². The highest BCUT2D eigenvalue weighted by Crippen LogP contribution is 2.09. The van der Waals surface area contributed by atoms with Crippen LogP contribution in [0.15, 0.2) is 24.3 Å². The SMILES string of the molecule is CC(N)c1cccc(F)c1.I. The van der Waals surface area contributed by atoms with Crippen LogP contribution in [-0.4, -0.2) is 0 Å². The molecule has 0 aromatic heterocycles. The first-order valence-corrected chi connectivity index (χ1v) is 3.21. The van der Waals surface area contributed by atoms with Crippen LogP contribution in [0.2, 0.25) is 0 Å². The van der Waals surface area contributed by atoms with E-state index in [1.807, 2.05) is 13.0 Å². The van der Waals surface area contributed by atoms with Gasteiger partial charge in [0.15, 0.2) is 0 Å². The summed E-state index contributed by atoms with van der Waals surface area (Å²) in [6.45, 7) is 1.83. The van der Waals surface area contributed by atoms with Crippen molar-refractivity contribution < 1.29 is 4.39 Å². The highest BCUT2D eigenvalue weighted by Gasteiger charge is 1.98. The summed E-state index contributed by atoms with van der Waals surface area (Å²) in [6, 6.07) is 6.24. The van der Waals surface area contributed by atoms with Crippen LogP contribution >= 0.6 is 24.0 Å². The Morgan fingerprint density at radius 2 is 2.09 bits per heavy atom. The molecule has 0 bridgehead atoms. The zero-order chi connectivity index (χ0) is 7.56. The Bertz CT molecular complexity index is 225. The molecule has 1 unspecified atom stereocenters. The van der Waals surface area contributed by atoms with E-state index >= 15 is 0 Å². The normalized spacial score (nSPS) is 11.9. The quantitative estimate of drug-likeness (QED) is 0.777. The Kier molecular flexibility index (Phi) is 4.60. The van der Waals surface area contributed by atoms with Gasteiger partial charge in [-0.1, -0.05) is 12.1 Å². The van der Waals surface area contributed by atoms with Crippen molar-refractivity contribution >= 4 is 24.0 Å². The second-order valence-corrected chi connectivity index (χ2v) is 2.34. The standard InChI is InChI=1S/C8H10FN.HI/c1-6(10)7-3-2-4-8(9)5-7;/h2-6H,10H2,1H3;1H. The molecule has 0 fully saturated rings. The Hall–Kier alpha value is -0.160. The molecule has 1 atom stereocenters. The van der Waals surface area contributed by atoms with Crippen LogP contribution in [0.4, 0.5) is 4.39 Å². The molecule has 1 nitrogen and oxygen atoms in total. The van der Waals surface area contributed by atoms with E-state index < -0.39 is 0 Å². The molecule has 0 saturated carbocycles. The van der Waals surface area contributed by atoms with E-state index in [4.69, 9.17) is 5.73 Å².